The summed E-state index contributed by atoms with van der Waals surface area (Å²) >= 11 is 0. The van der Waals surface area contributed by atoms with Gasteiger partial charge >= 0.3 is 5.97 Å². The number of carbonyl (C=O) groups is 2. The molecule has 0 atom stereocenters. The van der Waals surface area contributed by atoms with Gasteiger partial charge in [-0.2, -0.15) is 0 Å². The molecule has 0 saturated carbocycles. The maximum atomic E-state index is 13.5. The molecule has 0 aliphatic rings. The van der Waals surface area contributed by atoms with E-state index in [1.54, 1.807) is 6.92 Å². The smallest absolute Gasteiger partial charge is 0.341 e. The molecular formula is C20H22FNO6. The monoisotopic (exact) mass is 391 g/mol. The first kappa shape index (κ1) is 21.0. The Labute approximate surface area is 162 Å². The van der Waals surface area contributed by atoms with Crippen LogP contribution in [0.1, 0.15) is 30.6 Å². The van der Waals surface area contributed by atoms with Crippen LogP contribution in [0.15, 0.2) is 36.4 Å². The molecule has 0 fully saturated rings. The van der Waals surface area contributed by atoms with E-state index in [9.17, 15) is 14.0 Å². The van der Waals surface area contributed by atoms with Crippen LogP contribution in [0.3, 0.4) is 0 Å². The Bertz CT molecular complexity index is 839. The van der Waals surface area contributed by atoms with E-state index in [4.69, 9.17) is 19.3 Å². The number of hydrogen-bond acceptors (Lipinski definition) is 5. The highest BCUT2D eigenvalue weighted by atomic mass is 19.1. The maximum Gasteiger partial charge on any atom is 0.341 e. The van der Waals surface area contributed by atoms with Crippen molar-refractivity contribution < 1.29 is 33.3 Å². The number of rotatable bonds is 10. The first-order valence-electron chi connectivity index (χ1n) is 8.79. The van der Waals surface area contributed by atoms with E-state index >= 15 is 0 Å². The lowest BCUT2D eigenvalue weighted by molar-refractivity contribution is -0.139. The van der Waals surface area contributed by atoms with Gasteiger partial charge in [-0.05, 0) is 43.7 Å². The molecule has 28 heavy (non-hydrogen) atoms. The number of hydrogen-bond donors (Lipinski definition) is 2. The Morgan fingerprint density at radius 2 is 1.79 bits per heavy atom. The molecule has 0 aromatic heterocycles. The molecular weight excluding hydrogens is 369 g/mol. The molecule has 0 unspecified atom stereocenters. The first-order chi connectivity index (χ1) is 13.4. The van der Waals surface area contributed by atoms with E-state index in [0.29, 0.717) is 18.9 Å². The van der Waals surface area contributed by atoms with Crippen molar-refractivity contribution in [2.45, 2.75) is 20.3 Å². The van der Waals surface area contributed by atoms with Gasteiger partial charge in [0.1, 0.15) is 11.6 Å². The Morgan fingerprint density at radius 1 is 1.00 bits per heavy atom. The van der Waals surface area contributed by atoms with Crippen LogP contribution in [0.25, 0.3) is 0 Å². The second-order valence-electron chi connectivity index (χ2n) is 5.72. The van der Waals surface area contributed by atoms with Crippen LogP contribution in [0, 0.1) is 5.82 Å². The molecule has 2 aromatic carbocycles. The van der Waals surface area contributed by atoms with Crippen molar-refractivity contribution in [3.63, 3.8) is 0 Å². The zero-order valence-electron chi connectivity index (χ0n) is 15.7. The van der Waals surface area contributed by atoms with Crippen LogP contribution in [0.4, 0.5) is 10.1 Å². The van der Waals surface area contributed by atoms with Gasteiger partial charge in [0.2, 0.25) is 0 Å². The predicted molar refractivity (Wildman–Crippen MR) is 101 cm³/mol. The van der Waals surface area contributed by atoms with Crippen LogP contribution in [-0.4, -0.2) is 36.8 Å². The molecule has 2 rings (SSSR count). The van der Waals surface area contributed by atoms with Crippen LogP contribution < -0.4 is 19.5 Å². The summed E-state index contributed by atoms with van der Waals surface area (Å²) in [6.07, 6.45) is 0.736. The fourth-order valence-electron chi connectivity index (χ4n) is 2.30. The third-order valence-electron chi connectivity index (χ3n) is 3.51. The predicted octanol–water partition coefficient (Wildman–Crippen LogP) is 3.73. The fraction of sp³-hybridized carbons (Fsp3) is 0.300. The number of carboxylic acid groups (broad SMARTS) is 1. The SMILES string of the molecule is CCCOc1cc(F)ccc1NC(=O)c1ccc(OCC(=O)O)c(OCC)c1. The molecule has 8 heteroatoms. The van der Waals surface area contributed by atoms with Crippen LogP contribution in [0.5, 0.6) is 17.2 Å². The largest absolute Gasteiger partial charge is 0.491 e. The van der Waals surface area contributed by atoms with Crippen molar-refractivity contribution in [3.8, 4) is 17.2 Å². The molecule has 0 heterocycles. The van der Waals surface area contributed by atoms with Gasteiger partial charge < -0.3 is 24.6 Å². The van der Waals surface area contributed by atoms with Gasteiger partial charge in [0, 0.05) is 11.6 Å². The van der Waals surface area contributed by atoms with Crippen LogP contribution in [-0.2, 0) is 4.79 Å². The van der Waals surface area contributed by atoms with E-state index in [-0.39, 0.29) is 22.8 Å². The molecule has 0 aliphatic heterocycles. The minimum Gasteiger partial charge on any atom is -0.491 e. The number of carboxylic acids is 1. The van der Waals surface area contributed by atoms with Gasteiger partial charge in [-0.3, -0.25) is 4.79 Å². The Balaban J connectivity index is 2.22. The molecule has 0 saturated heterocycles. The molecule has 0 aliphatic carbocycles. The highest BCUT2D eigenvalue weighted by molar-refractivity contribution is 6.05. The zero-order chi connectivity index (χ0) is 20.5. The summed E-state index contributed by atoms with van der Waals surface area (Å²) in [5.41, 5.74) is 0.598. The first-order valence-corrected chi connectivity index (χ1v) is 8.79. The van der Waals surface area contributed by atoms with Gasteiger partial charge in [0.15, 0.2) is 18.1 Å². The number of anilines is 1. The summed E-state index contributed by atoms with van der Waals surface area (Å²) in [4.78, 5) is 23.3. The lowest BCUT2D eigenvalue weighted by Gasteiger charge is -2.14. The average molecular weight is 391 g/mol. The van der Waals surface area contributed by atoms with Gasteiger partial charge in [0.25, 0.3) is 5.91 Å². The number of nitrogens with one attached hydrogen (secondary N) is 1. The van der Waals surface area contributed by atoms with Crippen LogP contribution in [0.2, 0.25) is 0 Å². The number of aliphatic carboxylic acids is 1. The third-order valence-corrected chi connectivity index (χ3v) is 3.51. The summed E-state index contributed by atoms with van der Waals surface area (Å²) in [5.74, 6) is -1.35. The fourth-order valence-corrected chi connectivity index (χ4v) is 2.30. The van der Waals surface area contributed by atoms with E-state index in [2.05, 4.69) is 5.32 Å². The van der Waals surface area contributed by atoms with Gasteiger partial charge in [-0.1, -0.05) is 6.92 Å². The van der Waals surface area contributed by atoms with Crippen molar-refractivity contribution in [1.29, 1.82) is 0 Å². The Hall–Kier alpha value is -3.29. The third kappa shape index (κ3) is 5.87. The highest BCUT2D eigenvalue weighted by Crippen LogP contribution is 2.30. The lowest BCUT2D eigenvalue weighted by Crippen LogP contribution is -2.14. The second kappa shape index (κ2) is 10.1. The zero-order valence-corrected chi connectivity index (χ0v) is 15.7. The number of halogens is 1. The topological polar surface area (TPSA) is 94.1 Å². The molecule has 2 N–H and O–H groups in total. The minimum absolute atomic E-state index is 0.217. The number of ether oxygens (including phenoxy) is 3. The molecule has 150 valence electrons. The van der Waals surface area contributed by atoms with Crippen molar-refractivity contribution in [2.24, 2.45) is 0 Å². The van der Waals surface area contributed by atoms with E-state index < -0.39 is 24.3 Å². The van der Waals surface area contributed by atoms with Gasteiger partial charge in [0.05, 0.1) is 18.9 Å². The van der Waals surface area contributed by atoms with Crippen molar-refractivity contribution in [3.05, 3.63) is 47.8 Å². The molecule has 7 nitrogen and oxygen atoms in total. The number of carbonyl (C=O) groups excluding carboxylic acids is 1. The van der Waals surface area contributed by atoms with Crippen molar-refractivity contribution in [1.82, 2.24) is 0 Å². The van der Waals surface area contributed by atoms with Crippen LogP contribution >= 0.6 is 0 Å². The summed E-state index contributed by atoms with van der Waals surface area (Å²) in [7, 11) is 0. The second-order valence-corrected chi connectivity index (χ2v) is 5.72. The van der Waals surface area contributed by atoms with Gasteiger partial charge in [-0.25, -0.2) is 9.18 Å². The number of amides is 1. The van der Waals surface area contributed by atoms with Gasteiger partial charge in [-0.15, -0.1) is 0 Å². The van der Waals surface area contributed by atoms with Crippen molar-refractivity contribution >= 4 is 17.6 Å². The summed E-state index contributed by atoms with van der Waals surface area (Å²) in [6.45, 7) is 3.83. The molecule has 0 bridgehead atoms. The molecule has 2 aromatic rings. The van der Waals surface area contributed by atoms with Crippen molar-refractivity contribution in [2.75, 3.05) is 25.1 Å². The highest BCUT2D eigenvalue weighted by Gasteiger charge is 2.15. The lowest BCUT2D eigenvalue weighted by atomic mass is 10.1. The minimum atomic E-state index is -1.12. The van der Waals surface area contributed by atoms with E-state index in [1.807, 2.05) is 6.92 Å². The average Bonchev–Trinajstić information content (AvgIpc) is 2.67. The molecule has 0 spiro atoms. The summed E-state index contributed by atoms with van der Waals surface area (Å²) in [5, 5.41) is 11.4. The maximum absolute atomic E-state index is 13.5. The quantitative estimate of drug-likeness (QED) is 0.641. The standard InChI is InChI=1S/C20H22FNO6/c1-3-9-27-17-11-14(21)6-7-15(17)22-20(25)13-5-8-16(28-12-19(23)24)18(10-13)26-4-2/h5-8,10-11H,3-4,9,12H2,1-2H3,(H,22,25)(H,23,24). The molecule has 1 amide bonds. The summed E-state index contributed by atoms with van der Waals surface area (Å²) in [6, 6.07) is 8.24. The van der Waals surface area contributed by atoms with E-state index in [1.165, 1.54) is 36.4 Å². The number of benzene rings is 2. The normalized spacial score (nSPS) is 10.2. The van der Waals surface area contributed by atoms with E-state index in [0.717, 1.165) is 6.42 Å². The summed E-state index contributed by atoms with van der Waals surface area (Å²) < 4.78 is 29.6. The molecule has 0 radical (unpaired) electrons. The Morgan fingerprint density at radius 3 is 2.46 bits per heavy atom. The Kier molecular flexibility index (Phi) is 7.62.